The molecule has 0 bridgehead atoms. The molecular formula is C13H18N2O4S. The fourth-order valence-electron chi connectivity index (χ4n) is 1.74. The van der Waals surface area contributed by atoms with Gasteiger partial charge in [-0.2, -0.15) is 0 Å². The third kappa shape index (κ3) is 2.94. The van der Waals surface area contributed by atoms with Gasteiger partial charge >= 0.3 is 0 Å². The molecule has 1 aromatic carbocycles. The summed E-state index contributed by atoms with van der Waals surface area (Å²) in [6, 6.07) is 4.42. The summed E-state index contributed by atoms with van der Waals surface area (Å²) in [6.45, 7) is 0. The SMILES string of the molecule is COc1ccc(S(=O)(=O)N(C)C)cc1NC(=O)C1CC1. The molecule has 0 aliphatic heterocycles. The molecule has 0 unspecified atom stereocenters. The van der Waals surface area contributed by atoms with Crippen molar-refractivity contribution < 1.29 is 17.9 Å². The molecule has 110 valence electrons. The van der Waals surface area contributed by atoms with E-state index in [-0.39, 0.29) is 16.7 Å². The van der Waals surface area contributed by atoms with Crippen molar-refractivity contribution in [2.24, 2.45) is 5.92 Å². The van der Waals surface area contributed by atoms with Crippen molar-refractivity contribution in [2.45, 2.75) is 17.7 Å². The zero-order valence-electron chi connectivity index (χ0n) is 11.7. The molecule has 0 spiro atoms. The Morgan fingerprint density at radius 2 is 2.00 bits per heavy atom. The number of carbonyl (C=O) groups excluding carboxylic acids is 1. The van der Waals surface area contributed by atoms with Gasteiger partial charge in [0.2, 0.25) is 15.9 Å². The van der Waals surface area contributed by atoms with E-state index < -0.39 is 10.0 Å². The molecule has 1 aliphatic rings. The minimum absolute atomic E-state index is 0.0359. The summed E-state index contributed by atoms with van der Waals surface area (Å²) in [7, 11) is 0.857. The highest BCUT2D eigenvalue weighted by atomic mass is 32.2. The summed E-state index contributed by atoms with van der Waals surface area (Å²) in [5.41, 5.74) is 0.382. The first-order valence-electron chi connectivity index (χ1n) is 6.27. The molecule has 0 radical (unpaired) electrons. The molecule has 1 aliphatic carbocycles. The van der Waals surface area contributed by atoms with Crippen molar-refractivity contribution in [3.8, 4) is 5.75 Å². The fourth-order valence-corrected chi connectivity index (χ4v) is 2.66. The Morgan fingerprint density at radius 3 is 2.50 bits per heavy atom. The summed E-state index contributed by atoms with van der Waals surface area (Å²) < 4.78 is 30.5. The molecule has 0 heterocycles. The monoisotopic (exact) mass is 298 g/mol. The highest BCUT2D eigenvalue weighted by Gasteiger charge is 2.30. The Hall–Kier alpha value is -1.60. The van der Waals surface area contributed by atoms with Crippen LogP contribution in [0.1, 0.15) is 12.8 Å². The summed E-state index contributed by atoms with van der Waals surface area (Å²) in [5.74, 6) is 0.383. The summed E-state index contributed by atoms with van der Waals surface area (Å²) in [6.07, 6.45) is 1.76. The number of ether oxygens (including phenoxy) is 1. The average molecular weight is 298 g/mol. The maximum atomic E-state index is 12.1. The molecule has 1 saturated carbocycles. The molecule has 0 saturated heterocycles. The Kier molecular flexibility index (Phi) is 4.01. The first kappa shape index (κ1) is 14.8. The van der Waals surface area contributed by atoms with Gasteiger partial charge in [0.05, 0.1) is 17.7 Å². The summed E-state index contributed by atoms with van der Waals surface area (Å²) in [5, 5.41) is 2.73. The van der Waals surface area contributed by atoms with Crippen molar-refractivity contribution in [1.82, 2.24) is 4.31 Å². The number of nitrogens with one attached hydrogen (secondary N) is 1. The van der Waals surface area contributed by atoms with E-state index in [0.717, 1.165) is 17.1 Å². The molecule has 0 aromatic heterocycles. The number of rotatable bonds is 5. The van der Waals surface area contributed by atoms with Crippen molar-refractivity contribution in [3.05, 3.63) is 18.2 Å². The highest BCUT2D eigenvalue weighted by molar-refractivity contribution is 7.89. The third-order valence-electron chi connectivity index (χ3n) is 3.16. The van der Waals surface area contributed by atoms with Gasteiger partial charge < -0.3 is 10.1 Å². The van der Waals surface area contributed by atoms with E-state index in [9.17, 15) is 13.2 Å². The first-order chi connectivity index (χ1) is 9.36. The van der Waals surface area contributed by atoms with Crippen LogP contribution in [0.4, 0.5) is 5.69 Å². The predicted octanol–water partition coefficient (Wildman–Crippen LogP) is 1.29. The normalized spacial score (nSPS) is 15.2. The summed E-state index contributed by atoms with van der Waals surface area (Å²) >= 11 is 0. The van der Waals surface area contributed by atoms with Gasteiger partial charge in [-0.1, -0.05) is 0 Å². The Labute approximate surface area is 118 Å². The lowest BCUT2D eigenvalue weighted by molar-refractivity contribution is -0.117. The van der Waals surface area contributed by atoms with Gasteiger partial charge in [0, 0.05) is 20.0 Å². The van der Waals surface area contributed by atoms with E-state index in [1.807, 2.05) is 0 Å². The summed E-state index contributed by atoms with van der Waals surface area (Å²) in [4.78, 5) is 11.9. The fraction of sp³-hybridized carbons (Fsp3) is 0.462. The van der Waals surface area contributed by atoms with E-state index in [1.165, 1.54) is 33.3 Å². The van der Waals surface area contributed by atoms with Crippen LogP contribution in [0.2, 0.25) is 0 Å². The lowest BCUT2D eigenvalue weighted by Gasteiger charge is -2.15. The minimum atomic E-state index is -3.54. The molecule has 7 heteroatoms. The number of carbonyl (C=O) groups is 1. The van der Waals surface area contributed by atoms with Gasteiger partial charge in [0.1, 0.15) is 5.75 Å². The van der Waals surface area contributed by atoms with E-state index >= 15 is 0 Å². The molecular weight excluding hydrogens is 280 g/mol. The van der Waals surface area contributed by atoms with Crippen molar-refractivity contribution in [3.63, 3.8) is 0 Å². The maximum absolute atomic E-state index is 12.1. The van der Waals surface area contributed by atoms with Crippen LogP contribution in [0, 0.1) is 5.92 Å². The Balaban J connectivity index is 2.35. The van der Waals surface area contributed by atoms with Crippen LogP contribution in [0.25, 0.3) is 0 Å². The number of benzene rings is 1. The number of amides is 1. The number of hydrogen-bond donors (Lipinski definition) is 1. The lowest BCUT2D eigenvalue weighted by Crippen LogP contribution is -2.22. The molecule has 0 atom stereocenters. The number of sulfonamides is 1. The van der Waals surface area contributed by atoms with Crippen LogP contribution >= 0.6 is 0 Å². The second kappa shape index (κ2) is 5.41. The largest absolute Gasteiger partial charge is 0.495 e. The maximum Gasteiger partial charge on any atom is 0.242 e. The van der Waals surface area contributed by atoms with Crippen LogP contribution in [-0.4, -0.2) is 39.8 Å². The van der Waals surface area contributed by atoms with Gasteiger partial charge in [-0.15, -0.1) is 0 Å². The molecule has 2 rings (SSSR count). The standard InChI is InChI=1S/C13H18N2O4S/c1-15(2)20(17,18)10-6-7-12(19-3)11(8-10)14-13(16)9-4-5-9/h6-9H,4-5H2,1-3H3,(H,14,16). The second-order valence-electron chi connectivity index (χ2n) is 4.91. The minimum Gasteiger partial charge on any atom is -0.495 e. The molecule has 20 heavy (non-hydrogen) atoms. The zero-order chi connectivity index (χ0) is 14.9. The number of nitrogens with zero attached hydrogens (tertiary/aromatic N) is 1. The Morgan fingerprint density at radius 1 is 1.35 bits per heavy atom. The molecule has 1 N–H and O–H groups in total. The molecule has 6 nitrogen and oxygen atoms in total. The highest BCUT2D eigenvalue weighted by Crippen LogP contribution is 2.33. The first-order valence-corrected chi connectivity index (χ1v) is 7.71. The van der Waals surface area contributed by atoms with Crippen LogP contribution in [0.3, 0.4) is 0 Å². The van der Waals surface area contributed by atoms with Crippen LogP contribution < -0.4 is 10.1 Å². The molecule has 1 aromatic rings. The number of methoxy groups -OCH3 is 1. The van der Waals surface area contributed by atoms with Gasteiger partial charge in [-0.05, 0) is 31.0 Å². The van der Waals surface area contributed by atoms with Gasteiger partial charge in [0.25, 0.3) is 0 Å². The number of hydrogen-bond acceptors (Lipinski definition) is 4. The predicted molar refractivity (Wildman–Crippen MR) is 75.2 cm³/mol. The van der Waals surface area contributed by atoms with Crippen molar-refractivity contribution in [2.75, 3.05) is 26.5 Å². The molecule has 1 fully saturated rings. The van der Waals surface area contributed by atoms with Crippen molar-refractivity contribution in [1.29, 1.82) is 0 Å². The topological polar surface area (TPSA) is 75.7 Å². The van der Waals surface area contributed by atoms with E-state index in [1.54, 1.807) is 6.07 Å². The quantitative estimate of drug-likeness (QED) is 0.889. The number of anilines is 1. The van der Waals surface area contributed by atoms with E-state index in [0.29, 0.717) is 11.4 Å². The van der Waals surface area contributed by atoms with Gasteiger partial charge in [0.15, 0.2) is 0 Å². The van der Waals surface area contributed by atoms with E-state index in [2.05, 4.69) is 5.32 Å². The Bertz CT molecular complexity index is 621. The smallest absolute Gasteiger partial charge is 0.242 e. The van der Waals surface area contributed by atoms with Crippen LogP contribution in [0.15, 0.2) is 23.1 Å². The van der Waals surface area contributed by atoms with Crippen LogP contribution in [-0.2, 0) is 14.8 Å². The average Bonchev–Trinajstić information content (AvgIpc) is 3.22. The third-order valence-corrected chi connectivity index (χ3v) is 4.97. The van der Waals surface area contributed by atoms with Crippen molar-refractivity contribution >= 4 is 21.6 Å². The van der Waals surface area contributed by atoms with Gasteiger partial charge in [-0.3, -0.25) is 4.79 Å². The second-order valence-corrected chi connectivity index (χ2v) is 7.06. The zero-order valence-corrected chi connectivity index (χ0v) is 12.5. The van der Waals surface area contributed by atoms with Crippen LogP contribution in [0.5, 0.6) is 5.75 Å². The molecule has 1 amide bonds. The lowest BCUT2D eigenvalue weighted by atomic mass is 10.2. The van der Waals surface area contributed by atoms with E-state index in [4.69, 9.17) is 4.74 Å². The van der Waals surface area contributed by atoms with Gasteiger partial charge in [-0.25, -0.2) is 12.7 Å².